The largest absolute Gasteiger partial charge is 0.508 e. The number of carbonyl (C=O) groups is 3. The van der Waals surface area contributed by atoms with Crippen LogP contribution in [0, 0.1) is 87.8 Å². The number of hydrogen-bond donors (Lipinski definition) is 7. The van der Waals surface area contributed by atoms with E-state index in [2.05, 4.69) is 132 Å². The maximum Gasteiger partial charge on any atom is 0.340 e. The third kappa shape index (κ3) is 10.6. The van der Waals surface area contributed by atoms with E-state index in [0.29, 0.717) is 54.9 Å². The molecule has 4 aromatic carbocycles. The van der Waals surface area contributed by atoms with E-state index >= 15 is 9.59 Å². The van der Waals surface area contributed by atoms with Crippen molar-refractivity contribution in [3.63, 3.8) is 0 Å². The number of aldehydes is 1. The summed E-state index contributed by atoms with van der Waals surface area (Å²) in [7, 11) is 2.05. The first-order valence-corrected chi connectivity index (χ1v) is 35.4. The van der Waals surface area contributed by atoms with Crippen LogP contribution in [0.15, 0.2) is 137 Å². The van der Waals surface area contributed by atoms with Gasteiger partial charge in [0.25, 0.3) is 0 Å². The van der Waals surface area contributed by atoms with Gasteiger partial charge in [-0.2, -0.15) is 0 Å². The number of aromatic hydroxyl groups is 1. The highest BCUT2D eigenvalue weighted by Gasteiger charge is 2.69. The highest BCUT2D eigenvalue weighted by atomic mass is 16.6. The fourth-order valence-electron chi connectivity index (χ4n) is 21.1. The number of hydrogen-bond acceptors (Lipinski definition) is 12. The molecule has 14 bridgehead atoms. The average Bonchev–Trinajstić information content (AvgIpc) is 1.41. The number of carbonyl (C=O) groups excluding carboxylic acids is 3. The Labute approximate surface area is 544 Å². The molecule has 0 aromatic heterocycles. The Balaban J connectivity index is 0.922. The van der Waals surface area contributed by atoms with Gasteiger partial charge >= 0.3 is 11.9 Å². The molecule has 0 amide bonds. The molecule has 0 radical (unpaired) electrons. The summed E-state index contributed by atoms with van der Waals surface area (Å²) < 4.78 is 13.7. The molecule has 6 fully saturated rings. The molecule has 482 valence electrons. The molecule has 92 heavy (non-hydrogen) atoms. The molecule has 17 rings (SSSR count). The number of aliphatic hydroxyl groups is 2. The summed E-state index contributed by atoms with van der Waals surface area (Å²) in [5.41, 5.74) is 7.23. The van der Waals surface area contributed by atoms with Crippen LogP contribution in [0.3, 0.4) is 0 Å². The van der Waals surface area contributed by atoms with Crippen molar-refractivity contribution < 1.29 is 39.2 Å². The zero-order valence-electron chi connectivity index (χ0n) is 54.1. The summed E-state index contributed by atoms with van der Waals surface area (Å²) in [5, 5.41) is 53.1. The van der Waals surface area contributed by atoms with Crippen LogP contribution in [0.4, 0.5) is 0 Å². The first kappa shape index (κ1) is 61.7. The Morgan fingerprint density at radius 3 is 2.47 bits per heavy atom. The van der Waals surface area contributed by atoms with Gasteiger partial charge in [-0.25, -0.2) is 9.59 Å². The van der Waals surface area contributed by atoms with Crippen molar-refractivity contribution in [1.82, 2.24) is 21.3 Å². The van der Waals surface area contributed by atoms with E-state index in [-0.39, 0.29) is 107 Å². The summed E-state index contributed by atoms with van der Waals surface area (Å²) >= 11 is 0. The van der Waals surface area contributed by atoms with Gasteiger partial charge in [-0.3, -0.25) is 0 Å². The number of phenolic OH excluding ortho intramolecular Hbond substituents is 1. The molecule has 13 aliphatic rings. The van der Waals surface area contributed by atoms with Gasteiger partial charge < -0.3 is 50.9 Å². The molecule has 2 saturated heterocycles. The number of nitrogens with one attached hydrogen (secondary N) is 4. The molecular weight excluding hydrogens is 1140 g/mol. The van der Waals surface area contributed by atoms with E-state index in [0.717, 1.165) is 143 Å². The standard InChI is InChI=1S/C80H94N4O8/c1-4-48(38-49-12-6-5-7-13-49)41-68-79-34-27-60-61-24-25-62-67(91-75(87)71(62)72(61)79)28-33-78(56-30-36-83-69(42-56)81-3)44-64-59-22-19-55-18-8-9-32-80(55,90)66(59)26-20-54(31-37-85)77(2,89)47-84-74(65(64)45-78)53-17-10-14-50(39-53)29-35-82-46-51-15-11-16-52(40-51)58-23-21-57(86)43-63(58)70(60)73(79)76(88)92-68/h5-7,10-17,21,23,28,37,39-41,43,48,54-56,59-61,64-66,69,72,74,81-84,86,89-90H,4,8-9,18-19,22,24-25,27,29-36,38,42,44-47H2,1-3H3. The van der Waals surface area contributed by atoms with Crippen LogP contribution in [0.1, 0.15) is 157 Å². The number of fused-ring (bicyclic) bond motifs is 9. The predicted molar refractivity (Wildman–Crippen MR) is 356 cm³/mol. The van der Waals surface area contributed by atoms with Crippen LogP contribution in [-0.4, -0.2) is 77.6 Å². The Hall–Kier alpha value is -6.43. The fraction of sp³-hybridized carbons (Fsp3) is 0.537. The molecule has 7 N–H and O–H groups in total. The van der Waals surface area contributed by atoms with Crippen LogP contribution < -0.4 is 21.3 Å². The number of rotatable bonds is 8. The van der Waals surface area contributed by atoms with Crippen molar-refractivity contribution in [2.75, 3.05) is 26.7 Å². The summed E-state index contributed by atoms with van der Waals surface area (Å²) in [5.74, 6) is 7.49. The lowest BCUT2D eigenvalue weighted by Gasteiger charge is -2.56. The highest BCUT2D eigenvalue weighted by molar-refractivity contribution is 6.07. The smallest absolute Gasteiger partial charge is 0.340 e. The van der Waals surface area contributed by atoms with E-state index in [9.17, 15) is 20.1 Å². The van der Waals surface area contributed by atoms with E-state index in [1.165, 1.54) is 16.7 Å². The second-order valence-corrected chi connectivity index (χ2v) is 30.2. The molecule has 12 heteroatoms. The van der Waals surface area contributed by atoms with Crippen molar-refractivity contribution >= 4 is 23.8 Å². The Morgan fingerprint density at radius 1 is 0.772 bits per heavy atom. The van der Waals surface area contributed by atoms with Crippen molar-refractivity contribution in [3.8, 4) is 28.7 Å². The zero-order chi connectivity index (χ0) is 63.1. The van der Waals surface area contributed by atoms with Crippen LogP contribution >= 0.6 is 0 Å². The third-order valence-corrected chi connectivity index (χ3v) is 25.6. The van der Waals surface area contributed by atoms with Crippen LogP contribution in [0.5, 0.6) is 5.75 Å². The number of cyclic esters (lactones) is 1. The van der Waals surface area contributed by atoms with Gasteiger partial charge in [0, 0.05) is 42.6 Å². The Kier molecular flexibility index (Phi) is 16.6. The number of ether oxygens (including phenoxy) is 2. The van der Waals surface area contributed by atoms with E-state index in [1.54, 1.807) is 6.07 Å². The molecule has 17 atom stereocenters. The minimum atomic E-state index is -1.36. The number of piperidine rings is 1. The fourth-order valence-corrected chi connectivity index (χ4v) is 21.1. The quantitative estimate of drug-likeness (QED) is 0.0505. The average molecular weight is 1240 g/mol. The Bertz CT molecular complexity index is 3740. The van der Waals surface area contributed by atoms with Crippen molar-refractivity contribution in [2.45, 2.75) is 166 Å². The monoisotopic (exact) mass is 1240 g/mol. The predicted octanol–water partition coefficient (Wildman–Crippen LogP) is 12.5. The number of allylic oxidation sites excluding steroid dienone is 5. The van der Waals surface area contributed by atoms with Gasteiger partial charge in [0.1, 0.15) is 23.6 Å². The zero-order valence-corrected chi connectivity index (χ0v) is 54.1. The third-order valence-electron chi connectivity index (χ3n) is 25.6. The van der Waals surface area contributed by atoms with E-state index in [4.69, 9.17) is 9.47 Å². The first-order chi connectivity index (χ1) is 44.7. The van der Waals surface area contributed by atoms with Gasteiger partial charge in [-0.1, -0.05) is 110 Å². The van der Waals surface area contributed by atoms with Crippen molar-refractivity contribution in [3.05, 3.63) is 165 Å². The van der Waals surface area contributed by atoms with Gasteiger partial charge in [-0.15, -0.1) is 0 Å². The molecular formula is C80H94N4O8. The van der Waals surface area contributed by atoms with E-state index < -0.39 is 22.5 Å². The number of β-amino-alcohol motifs (C(OH)–C–C–N with tert-alkyl or cyclic N) is 1. The number of benzene rings is 4. The van der Waals surface area contributed by atoms with E-state index in [1.807, 2.05) is 25.1 Å². The van der Waals surface area contributed by atoms with Gasteiger partial charge in [0.05, 0.1) is 40.2 Å². The summed E-state index contributed by atoms with van der Waals surface area (Å²) in [4.78, 5) is 43.7. The second-order valence-electron chi connectivity index (χ2n) is 30.2. The van der Waals surface area contributed by atoms with Gasteiger partial charge in [0.2, 0.25) is 0 Å². The molecule has 7 aliphatic carbocycles. The number of esters is 2. The normalized spacial score (nSPS) is 37.2. The molecule has 4 saturated carbocycles. The topological polar surface area (TPSA) is 178 Å². The van der Waals surface area contributed by atoms with Crippen molar-refractivity contribution in [2.24, 2.45) is 75.9 Å². The van der Waals surface area contributed by atoms with Crippen LogP contribution in [0.25, 0.3) is 16.7 Å². The minimum Gasteiger partial charge on any atom is -0.508 e. The Morgan fingerprint density at radius 2 is 1.62 bits per heavy atom. The van der Waals surface area contributed by atoms with Gasteiger partial charge in [-0.05, 0) is 257 Å². The second kappa shape index (κ2) is 24.7. The summed E-state index contributed by atoms with van der Waals surface area (Å²) in [6.07, 6.45) is 21.0. The molecule has 1 spiro atoms. The molecule has 4 aromatic rings. The lowest BCUT2D eigenvalue weighted by atomic mass is 9.44. The van der Waals surface area contributed by atoms with Gasteiger partial charge in [0.15, 0.2) is 0 Å². The molecule has 6 aliphatic heterocycles. The maximum absolute atomic E-state index is 15.6. The molecule has 6 heterocycles. The lowest BCUT2D eigenvalue weighted by Crippen LogP contribution is -2.54. The molecule has 12 nitrogen and oxygen atoms in total. The van der Waals surface area contributed by atoms with Crippen LogP contribution in [0.2, 0.25) is 0 Å². The van der Waals surface area contributed by atoms with Crippen LogP contribution in [-0.2, 0) is 43.2 Å². The number of phenols is 1. The lowest BCUT2D eigenvalue weighted by molar-refractivity contribution is -0.135. The van der Waals surface area contributed by atoms with Crippen molar-refractivity contribution in [1.29, 1.82) is 0 Å². The maximum atomic E-state index is 15.6. The minimum absolute atomic E-state index is 0.00913. The first-order valence-electron chi connectivity index (χ1n) is 35.4. The summed E-state index contributed by atoms with van der Waals surface area (Å²) in [6, 6.07) is 33.7. The SMILES string of the molecule is CCC(C=C1OC(=O)C2=C3c4cc(O)ccc4-c4cccc(c4)CNCCc4cccc(c4)C4NCC(C)(O)C(CC=O)C#CC5C(CCC6CCCCC65O)C5CC(C6CCNC(NC)C6)(CC=C6OC(=O)C7=C6CCC6C3CCC12C76)CC45)Cc1ccccc1. The highest BCUT2D eigenvalue weighted by Crippen LogP contribution is 2.73. The summed E-state index contributed by atoms with van der Waals surface area (Å²) in [6.45, 7) is 6.51. The molecule has 17 unspecified atom stereocenters.